The lowest BCUT2D eigenvalue weighted by Crippen LogP contribution is -2.37. The Morgan fingerprint density at radius 2 is 1.65 bits per heavy atom. The van der Waals surface area contributed by atoms with E-state index in [2.05, 4.69) is 19.9 Å². The summed E-state index contributed by atoms with van der Waals surface area (Å²) in [6, 6.07) is 7.17. The van der Waals surface area contributed by atoms with E-state index in [0.717, 1.165) is 4.57 Å². The molecule has 10 nitrogen and oxygen atoms in total. The largest absolute Gasteiger partial charge is 0.333 e. The van der Waals surface area contributed by atoms with Gasteiger partial charge in [0.1, 0.15) is 0 Å². The minimum absolute atomic E-state index is 0.0307. The molecule has 0 aliphatic rings. The quantitative estimate of drug-likeness (QED) is 0.382. The number of nitrogens with zero attached hydrogens (tertiary/aromatic N) is 6. The number of aromatic amines is 1. The van der Waals surface area contributed by atoms with Crippen molar-refractivity contribution in [1.82, 2.24) is 33.5 Å². The summed E-state index contributed by atoms with van der Waals surface area (Å²) < 4.78 is 3.58. The van der Waals surface area contributed by atoms with Crippen LogP contribution in [0.25, 0.3) is 39.0 Å². The summed E-state index contributed by atoms with van der Waals surface area (Å²) in [6.45, 7) is 0. The Morgan fingerprint density at radius 3 is 2.46 bits per heavy atom. The van der Waals surface area contributed by atoms with Crippen molar-refractivity contribution in [2.45, 2.75) is 0 Å². The number of benzene rings is 1. The molecule has 5 rings (SSSR count). The molecule has 0 spiro atoms. The molecule has 128 valence electrons. The van der Waals surface area contributed by atoms with Gasteiger partial charge < -0.3 is 0 Å². The van der Waals surface area contributed by atoms with Crippen molar-refractivity contribution in [2.24, 2.45) is 14.1 Å². The molecule has 0 atom stereocenters. The van der Waals surface area contributed by atoms with E-state index < -0.39 is 16.9 Å². The number of hydrogen-bond acceptors (Lipinski definition) is 6. The van der Waals surface area contributed by atoms with Crippen molar-refractivity contribution < 1.29 is 0 Å². The molecule has 1 N–H and O–H groups in total. The number of hydrogen-bond donors (Lipinski definition) is 1. The number of nitrogens with one attached hydrogen (secondary N) is 1. The van der Waals surface area contributed by atoms with Gasteiger partial charge >= 0.3 is 11.4 Å². The normalized spacial score (nSPS) is 11.9. The van der Waals surface area contributed by atoms with E-state index in [1.54, 1.807) is 18.2 Å². The van der Waals surface area contributed by atoms with Gasteiger partial charge in [-0.05, 0) is 12.1 Å². The lowest BCUT2D eigenvalue weighted by molar-refractivity contribution is 0.705. The Labute approximate surface area is 143 Å². The monoisotopic (exact) mass is 349 g/mol. The standard InChI is InChI=1S/C16H11N7O3/c1-21-12-10(14(24)22(2)16(21)26)18-9-11(19-12)20-15(25)23-8-6-4-3-5-7(8)17-13(9)23/h3-6H,1-2H3,(H,19,20,25). The molecule has 10 heteroatoms. The summed E-state index contributed by atoms with van der Waals surface area (Å²) in [5.74, 6) is 0. The zero-order valence-electron chi connectivity index (χ0n) is 13.7. The van der Waals surface area contributed by atoms with Gasteiger partial charge in [0.15, 0.2) is 28.0 Å². The summed E-state index contributed by atoms with van der Waals surface area (Å²) in [7, 11) is 2.87. The number of H-pyrrole nitrogens is 1. The van der Waals surface area contributed by atoms with Gasteiger partial charge in [0.05, 0.1) is 11.0 Å². The first-order valence-corrected chi connectivity index (χ1v) is 7.74. The Bertz CT molecular complexity index is 1570. The first-order valence-electron chi connectivity index (χ1n) is 7.74. The second kappa shape index (κ2) is 4.63. The molecule has 0 unspecified atom stereocenters. The van der Waals surface area contributed by atoms with Crippen LogP contribution in [-0.2, 0) is 14.1 Å². The highest BCUT2D eigenvalue weighted by Gasteiger charge is 2.17. The van der Waals surface area contributed by atoms with Crippen molar-refractivity contribution in [1.29, 1.82) is 0 Å². The van der Waals surface area contributed by atoms with Gasteiger partial charge in [-0.2, -0.15) is 0 Å². The molecule has 0 aliphatic heterocycles. The number of rotatable bonds is 0. The maximum absolute atomic E-state index is 12.5. The molecule has 26 heavy (non-hydrogen) atoms. The summed E-state index contributed by atoms with van der Waals surface area (Å²) in [6.07, 6.45) is 0. The molecule has 0 saturated carbocycles. The topological polar surface area (TPSA) is 120 Å². The smallest absolute Gasteiger partial charge is 0.290 e. The lowest BCUT2D eigenvalue weighted by Gasteiger charge is -2.07. The Kier molecular flexibility index (Phi) is 2.58. The fraction of sp³-hybridized carbons (Fsp3) is 0.125. The first kappa shape index (κ1) is 14.5. The van der Waals surface area contributed by atoms with E-state index in [0.29, 0.717) is 16.7 Å². The van der Waals surface area contributed by atoms with E-state index in [-0.39, 0.29) is 22.3 Å². The molecule has 0 bridgehead atoms. The van der Waals surface area contributed by atoms with Crippen molar-refractivity contribution in [2.75, 3.05) is 0 Å². The molecule has 5 aromatic rings. The number of aryl methyl sites for hydroxylation is 1. The van der Waals surface area contributed by atoms with Crippen molar-refractivity contribution in [3.05, 3.63) is 55.6 Å². The number of fused-ring (bicyclic) bond motifs is 6. The molecule has 1 aromatic carbocycles. The van der Waals surface area contributed by atoms with E-state index in [9.17, 15) is 14.4 Å². The first-order chi connectivity index (χ1) is 12.5. The van der Waals surface area contributed by atoms with Gasteiger partial charge in [-0.3, -0.25) is 18.9 Å². The second-order valence-corrected chi connectivity index (χ2v) is 5.99. The van der Waals surface area contributed by atoms with Gasteiger partial charge in [-0.25, -0.2) is 28.9 Å². The average molecular weight is 349 g/mol. The Balaban J connectivity index is 2.12. The van der Waals surface area contributed by atoms with Gasteiger partial charge in [-0.15, -0.1) is 0 Å². The molecule has 0 radical (unpaired) electrons. The van der Waals surface area contributed by atoms with E-state index in [4.69, 9.17) is 0 Å². The third kappa shape index (κ3) is 1.64. The van der Waals surface area contributed by atoms with E-state index in [1.807, 2.05) is 6.07 Å². The molecular weight excluding hydrogens is 338 g/mol. The lowest BCUT2D eigenvalue weighted by atomic mass is 10.3. The number of para-hydroxylation sites is 2. The Morgan fingerprint density at radius 1 is 0.885 bits per heavy atom. The number of aromatic nitrogens is 7. The summed E-state index contributed by atoms with van der Waals surface area (Å²) in [5, 5.41) is 0. The minimum atomic E-state index is -0.557. The summed E-state index contributed by atoms with van der Waals surface area (Å²) in [4.78, 5) is 52.9. The van der Waals surface area contributed by atoms with Crippen LogP contribution in [0.1, 0.15) is 0 Å². The van der Waals surface area contributed by atoms with Gasteiger partial charge in [0, 0.05) is 14.1 Å². The van der Waals surface area contributed by atoms with Crippen LogP contribution in [0.3, 0.4) is 0 Å². The van der Waals surface area contributed by atoms with Gasteiger partial charge in [0.2, 0.25) is 0 Å². The molecular formula is C16H11N7O3. The van der Waals surface area contributed by atoms with E-state index >= 15 is 0 Å². The zero-order chi connectivity index (χ0) is 18.2. The van der Waals surface area contributed by atoms with Gasteiger partial charge in [-0.1, -0.05) is 12.1 Å². The fourth-order valence-corrected chi connectivity index (χ4v) is 3.16. The molecule has 0 saturated heterocycles. The highest BCUT2D eigenvalue weighted by molar-refractivity contribution is 5.94. The van der Waals surface area contributed by atoms with Crippen LogP contribution >= 0.6 is 0 Å². The SMILES string of the molecule is Cn1c(=O)c2nc3c(nc2n(C)c1=O)[nH]c(=O)n1c2ccccc2nc31. The van der Waals surface area contributed by atoms with Crippen LogP contribution in [-0.4, -0.2) is 33.5 Å². The average Bonchev–Trinajstić information content (AvgIpc) is 3.04. The maximum Gasteiger partial charge on any atom is 0.333 e. The van der Waals surface area contributed by atoms with Crippen LogP contribution in [0.4, 0.5) is 0 Å². The molecule has 0 amide bonds. The van der Waals surface area contributed by atoms with Crippen LogP contribution in [0.2, 0.25) is 0 Å². The minimum Gasteiger partial charge on any atom is -0.290 e. The summed E-state index contributed by atoms with van der Waals surface area (Å²) in [5.41, 5.74) is 0.618. The third-order valence-corrected chi connectivity index (χ3v) is 4.48. The zero-order valence-corrected chi connectivity index (χ0v) is 13.7. The predicted octanol–water partition coefficient (Wildman–Crippen LogP) is -0.330. The van der Waals surface area contributed by atoms with E-state index in [1.165, 1.54) is 23.1 Å². The highest BCUT2D eigenvalue weighted by Crippen LogP contribution is 2.19. The second-order valence-electron chi connectivity index (χ2n) is 5.99. The molecule has 0 aliphatic carbocycles. The predicted molar refractivity (Wildman–Crippen MR) is 94.4 cm³/mol. The Hall–Kier alpha value is -3.82. The van der Waals surface area contributed by atoms with Crippen molar-refractivity contribution >= 4 is 39.0 Å². The molecule has 4 heterocycles. The summed E-state index contributed by atoms with van der Waals surface area (Å²) >= 11 is 0. The van der Waals surface area contributed by atoms with Crippen molar-refractivity contribution in [3.63, 3.8) is 0 Å². The fourth-order valence-electron chi connectivity index (χ4n) is 3.16. The van der Waals surface area contributed by atoms with Crippen molar-refractivity contribution in [3.8, 4) is 0 Å². The van der Waals surface area contributed by atoms with Crippen LogP contribution in [0.15, 0.2) is 38.6 Å². The van der Waals surface area contributed by atoms with Gasteiger partial charge in [0.25, 0.3) is 5.56 Å². The molecule has 4 aromatic heterocycles. The number of imidazole rings is 1. The maximum atomic E-state index is 12.5. The van der Waals surface area contributed by atoms with Crippen LogP contribution in [0.5, 0.6) is 0 Å². The molecule has 0 fully saturated rings. The van der Waals surface area contributed by atoms with Crippen LogP contribution < -0.4 is 16.9 Å². The highest BCUT2D eigenvalue weighted by atomic mass is 16.2. The third-order valence-electron chi connectivity index (χ3n) is 4.48. The van der Waals surface area contributed by atoms with Crippen LogP contribution in [0, 0.1) is 0 Å².